The van der Waals surface area contributed by atoms with Crippen LogP contribution in [-0.4, -0.2) is 23.1 Å². The van der Waals surface area contributed by atoms with Crippen molar-refractivity contribution in [1.29, 1.82) is 0 Å². The standard InChI is InChI=1S/C16H22N4O/c1-4-12(2)20-16-9-15(18-11-19-16)17-10-13-5-7-14(21-3)8-6-13/h5-9,11-12H,4,10H2,1-3H3,(H2,17,18,19,20). The molecule has 0 fully saturated rings. The van der Waals surface area contributed by atoms with Gasteiger partial charge in [-0.1, -0.05) is 19.1 Å². The second-order valence-electron chi connectivity index (χ2n) is 4.94. The number of ether oxygens (including phenoxy) is 1. The Kier molecular flexibility index (Phi) is 5.37. The third-order valence-electron chi connectivity index (χ3n) is 3.31. The number of hydrogen-bond acceptors (Lipinski definition) is 5. The molecule has 2 aromatic rings. The third-order valence-corrected chi connectivity index (χ3v) is 3.31. The van der Waals surface area contributed by atoms with Crippen LogP contribution in [0.15, 0.2) is 36.7 Å². The van der Waals surface area contributed by atoms with E-state index in [0.29, 0.717) is 12.6 Å². The number of aromatic nitrogens is 2. The van der Waals surface area contributed by atoms with Gasteiger partial charge >= 0.3 is 0 Å². The van der Waals surface area contributed by atoms with Crippen LogP contribution in [0.1, 0.15) is 25.8 Å². The minimum absolute atomic E-state index is 0.398. The molecule has 0 saturated carbocycles. The molecule has 5 nitrogen and oxygen atoms in total. The molecular formula is C16H22N4O. The van der Waals surface area contributed by atoms with Gasteiger partial charge in [-0.3, -0.25) is 0 Å². The minimum Gasteiger partial charge on any atom is -0.497 e. The molecule has 21 heavy (non-hydrogen) atoms. The lowest BCUT2D eigenvalue weighted by Crippen LogP contribution is -2.14. The first-order valence-corrected chi connectivity index (χ1v) is 7.16. The highest BCUT2D eigenvalue weighted by Crippen LogP contribution is 2.14. The van der Waals surface area contributed by atoms with E-state index in [4.69, 9.17) is 4.74 Å². The Morgan fingerprint density at radius 2 is 1.86 bits per heavy atom. The maximum atomic E-state index is 5.15. The molecule has 1 heterocycles. The van der Waals surface area contributed by atoms with E-state index in [2.05, 4.69) is 34.4 Å². The van der Waals surface area contributed by atoms with Gasteiger partial charge in [0.2, 0.25) is 0 Å². The van der Waals surface area contributed by atoms with Crippen molar-refractivity contribution in [1.82, 2.24) is 9.97 Å². The van der Waals surface area contributed by atoms with Crippen LogP contribution in [0, 0.1) is 0 Å². The van der Waals surface area contributed by atoms with Crippen molar-refractivity contribution in [3.05, 3.63) is 42.2 Å². The Balaban J connectivity index is 1.94. The van der Waals surface area contributed by atoms with Crippen LogP contribution in [0.3, 0.4) is 0 Å². The van der Waals surface area contributed by atoms with Gasteiger partial charge in [-0.2, -0.15) is 0 Å². The maximum Gasteiger partial charge on any atom is 0.131 e. The molecule has 0 radical (unpaired) electrons. The summed E-state index contributed by atoms with van der Waals surface area (Å²) in [5, 5.41) is 6.64. The van der Waals surface area contributed by atoms with Crippen LogP contribution in [0.5, 0.6) is 5.75 Å². The van der Waals surface area contributed by atoms with E-state index in [1.807, 2.05) is 30.3 Å². The quantitative estimate of drug-likeness (QED) is 0.817. The highest BCUT2D eigenvalue weighted by Gasteiger charge is 2.02. The molecule has 2 N–H and O–H groups in total. The summed E-state index contributed by atoms with van der Waals surface area (Å²) in [7, 11) is 1.67. The van der Waals surface area contributed by atoms with Crippen molar-refractivity contribution in [2.24, 2.45) is 0 Å². The van der Waals surface area contributed by atoms with Crippen LogP contribution in [0.2, 0.25) is 0 Å². The lowest BCUT2D eigenvalue weighted by atomic mass is 10.2. The number of hydrogen-bond donors (Lipinski definition) is 2. The summed E-state index contributed by atoms with van der Waals surface area (Å²) in [6, 6.07) is 10.3. The molecule has 1 atom stereocenters. The van der Waals surface area contributed by atoms with Gasteiger partial charge in [0.05, 0.1) is 7.11 Å². The molecule has 0 amide bonds. The monoisotopic (exact) mass is 286 g/mol. The van der Waals surface area contributed by atoms with Crippen LogP contribution >= 0.6 is 0 Å². The average molecular weight is 286 g/mol. The molecule has 2 rings (SSSR count). The van der Waals surface area contributed by atoms with Gasteiger partial charge in [-0.25, -0.2) is 9.97 Å². The minimum atomic E-state index is 0.398. The summed E-state index contributed by atoms with van der Waals surface area (Å²) in [4.78, 5) is 8.46. The molecule has 1 aromatic heterocycles. The fourth-order valence-corrected chi connectivity index (χ4v) is 1.82. The maximum absolute atomic E-state index is 5.15. The van der Waals surface area contributed by atoms with Gasteiger partial charge in [-0.15, -0.1) is 0 Å². The number of methoxy groups -OCH3 is 1. The van der Waals surface area contributed by atoms with Crippen molar-refractivity contribution < 1.29 is 4.74 Å². The van der Waals surface area contributed by atoms with E-state index < -0.39 is 0 Å². The van der Waals surface area contributed by atoms with E-state index >= 15 is 0 Å². The Bertz CT molecular complexity index is 556. The van der Waals surface area contributed by atoms with E-state index in [1.165, 1.54) is 5.56 Å². The lowest BCUT2D eigenvalue weighted by molar-refractivity contribution is 0.414. The third kappa shape index (κ3) is 4.63. The largest absolute Gasteiger partial charge is 0.497 e. The van der Waals surface area contributed by atoms with Crippen LogP contribution in [0.25, 0.3) is 0 Å². The summed E-state index contributed by atoms with van der Waals surface area (Å²) < 4.78 is 5.15. The highest BCUT2D eigenvalue weighted by atomic mass is 16.5. The van der Waals surface area contributed by atoms with E-state index in [0.717, 1.165) is 23.8 Å². The Morgan fingerprint density at radius 1 is 1.14 bits per heavy atom. The molecule has 5 heteroatoms. The van der Waals surface area contributed by atoms with Gasteiger partial charge in [0.15, 0.2) is 0 Å². The van der Waals surface area contributed by atoms with E-state index in [9.17, 15) is 0 Å². The summed E-state index contributed by atoms with van der Waals surface area (Å²) >= 11 is 0. The van der Waals surface area contributed by atoms with Gasteiger partial charge in [-0.05, 0) is 31.0 Å². The number of anilines is 2. The van der Waals surface area contributed by atoms with Crippen LogP contribution < -0.4 is 15.4 Å². The topological polar surface area (TPSA) is 59.1 Å². The molecule has 0 bridgehead atoms. The normalized spacial score (nSPS) is 11.8. The predicted molar refractivity (Wildman–Crippen MR) is 85.7 cm³/mol. The molecule has 1 unspecified atom stereocenters. The number of rotatable bonds is 7. The van der Waals surface area contributed by atoms with Crippen LogP contribution in [0.4, 0.5) is 11.6 Å². The first-order chi connectivity index (χ1) is 10.2. The average Bonchev–Trinajstić information content (AvgIpc) is 2.53. The van der Waals surface area contributed by atoms with Gasteiger partial charge in [0.25, 0.3) is 0 Å². The van der Waals surface area contributed by atoms with Crippen LogP contribution in [-0.2, 0) is 6.54 Å². The zero-order valence-electron chi connectivity index (χ0n) is 12.8. The second kappa shape index (κ2) is 7.47. The molecule has 112 valence electrons. The number of nitrogens with one attached hydrogen (secondary N) is 2. The molecule has 0 spiro atoms. The molecule has 0 aliphatic heterocycles. The molecule has 1 aromatic carbocycles. The summed E-state index contributed by atoms with van der Waals surface area (Å²) in [6.45, 7) is 4.98. The zero-order valence-corrected chi connectivity index (χ0v) is 12.8. The van der Waals surface area contributed by atoms with Gasteiger partial charge < -0.3 is 15.4 Å². The highest BCUT2D eigenvalue weighted by molar-refractivity contribution is 5.47. The zero-order chi connectivity index (χ0) is 15.1. The Morgan fingerprint density at radius 3 is 2.52 bits per heavy atom. The van der Waals surface area contributed by atoms with Crippen molar-refractivity contribution in [3.63, 3.8) is 0 Å². The fraction of sp³-hybridized carbons (Fsp3) is 0.375. The summed E-state index contributed by atoms with van der Waals surface area (Å²) in [5.41, 5.74) is 1.17. The summed E-state index contributed by atoms with van der Waals surface area (Å²) in [6.07, 6.45) is 2.62. The Hall–Kier alpha value is -2.30. The smallest absolute Gasteiger partial charge is 0.131 e. The van der Waals surface area contributed by atoms with Crippen molar-refractivity contribution in [2.75, 3.05) is 17.7 Å². The first kappa shape index (κ1) is 15.1. The van der Waals surface area contributed by atoms with Gasteiger partial charge in [0.1, 0.15) is 23.7 Å². The predicted octanol–water partition coefficient (Wildman–Crippen LogP) is 3.31. The van der Waals surface area contributed by atoms with Gasteiger partial charge in [0, 0.05) is 18.7 Å². The SMILES string of the molecule is CCC(C)Nc1cc(NCc2ccc(OC)cc2)ncn1. The molecule has 0 aliphatic rings. The lowest BCUT2D eigenvalue weighted by Gasteiger charge is -2.13. The van der Waals surface area contributed by atoms with Crippen molar-refractivity contribution in [3.8, 4) is 5.75 Å². The Labute approximate surface area is 125 Å². The molecule has 0 saturated heterocycles. The van der Waals surface area contributed by atoms with Crippen molar-refractivity contribution >= 4 is 11.6 Å². The molecule has 0 aliphatic carbocycles. The van der Waals surface area contributed by atoms with E-state index in [-0.39, 0.29) is 0 Å². The number of nitrogens with zero attached hydrogens (tertiary/aromatic N) is 2. The van der Waals surface area contributed by atoms with E-state index in [1.54, 1.807) is 13.4 Å². The fourth-order valence-electron chi connectivity index (χ4n) is 1.82. The first-order valence-electron chi connectivity index (χ1n) is 7.16. The summed E-state index contributed by atoms with van der Waals surface area (Å²) in [5.74, 6) is 2.52. The van der Waals surface area contributed by atoms with Crippen molar-refractivity contribution in [2.45, 2.75) is 32.9 Å². The second-order valence-corrected chi connectivity index (χ2v) is 4.94. The molecular weight excluding hydrogens is 264 g/mol. The number of benzene rings is 1.